The minimum Gasteiger partial charge on any atom is -0.278 e. The molecule has 0 atom stereocenters. The van der Waals surface area contributed by atoms with E-state index in [9.17, 15) is 10.1 Å². The number of rotatable bonds is 5. The maximum atomic E-state index is 10.5. The molecular formula is C16H15N3O2. The summed E-state index contributed by atoms with van der Waals surface area (Å²) in [4.78, 5) is 10.1. The average Bonchev–Trinajstić information content (AvgIpc) is 2.52. The molecule has 2 aromatic rings. The van der Waals surface area contributed by atoms with E-state index in [1.807, 2.05) is 49.4 Å². The van der Waals surface area contributed by atoms with Crippen molar-refractivity contribution in [3.63, 3.8) is 0 Å². The fourth-order valence-electron chi connectivity index (χ4n) is 1.63. The highest BCUT2D eigenvalue weighted by molar-refractivity contribution is 5.96. The molecule has 0 bridgehead atoms. The number of benzene rings is 2. The van der Waals surface area contributed by atoms with Gasteiger partial charge in [0.05, 0.1) is 16.3 Å². The van der Waals surface area contributed by atoms with Crippen molar-refractivity contribution >= 4 is 23.2 Å². The van der Waals surface area contributed by atoms with Gasteiger partial charge in [-0.25, -0.2) is 0 Å². The Morgan fingerprint density at radius 1 is 1.14 bits per heavy atom. The van der Waals surface area contributed by atoms with Crippen molar-refractivity contribution in [2.75, 3.05) is 5.43 Å². The van der Waals surface area contributed by atoms with Gasteiger partial charge in [-0.05, 0) is 30.7 Å². The van der Waals surface area contributed by atoms with E-state index in [4.69, 9.17) is 0 Å². The summed E-state index contributed by atoms with van der Waals surface area (Å²) in [5, 5.41) is 14.7. The first-order chi connectivity index (χ1) is 10.1. The molecule has 0 aliphatic rings. The molecule has 5 nitrogen and oxygen atoms in total. The Labute approximate surface area is 122 Å². The fourth-order valence-corrected chi connectivity index (χ4v) is 1.63. The maximum absolute atomic E-state index is 10.5. The van der Waals surface area contributed by atoms with Crippen molar-refractivity contribution in [2.45, 2.75) is 6.92 Å². The van der Waals surface area contributed by atoms with Crippen molar-refractivity contribution < 1.29 is 4.92 Å². The largest absolute Gasteiger partial charge is 0.278 e. The first-order valence-corrected chi connectivity index (χ1v) is 6.43. The zero-order chi connectivity index (χ0) is 15.1. The fraction of sp³-hybridized carbons (Fsp3) is 0.0625. The van der Waals surface area contributed by atoms with Crippen LogP contribution in [0.15, 0.2) is 65.8 Å². The van der Waals surface area contributed by atoms with Crippen LogP contribution in [0, 0.1) is 10.1 Å². The molecule has 0 aliphatic carbocycles. The summed E-state index contributed by atoms with van der Waals surface area (Å²) in [6.45, 7) is 1.87. The molecule has 0 saturated heterocycles. The van der Waals surface area contributed by atoms with E-state index in [0.717, 1.165) is 11.3 Å². The number of nitro benzene ring substituents is 1. The first kappa shape index (κ1) is 14.5. The second-order valence-corrected chi connectivity index (χ2v) is 4.41. The molecule has 5 heteroatoms. The molecule has 2 aromatic carbocycles. The number of hydrazone groups is 1. The molecule has 0 fully saturated rings. The second kappa shape index (κ2) is 7.00. The Hall–Kier alpha value is -2.95. The van der Waals surface area contributed by atoms with Crippen LogP contribution in [0.5, 0.6) is 0 Å². The van der Waals surface area contributed by atoms with Gasteiger partial charge in [0.1, 0.15) is 0 Å². The zero-order valence-corrected chi connectivity index (χ0v) is 11.6. The number of hydrogen-bond donors (Lipinski definition) is 1. The smallest absolute Gasteiger partial charge is 0.269 e. The van der Waals surface area contributed by atoms with E-state index in [0.29, 0.717) is 5.69 Å². The Bertz CT molecular complexity index is 662. The number of hydrogen-bond acceptors (Lipinski definition) is 4. The molecule has 0 heterocycles. The van der Waals surface area contributed by atoms with Gasteiger partial charge < -0.3 is 0 Å². The molecule has 106 valence electrons. The van der Waals surface area contributed by atoms with Crippen LogP contribution in [-0.2, 0) is 0 Å². The lowest BCUT2D eigenvalue weighted by Gasteiger charge is -2.00. The van der Waals surface area contributed by atoms with E-state index < -0.39 is 4.92 Å². The third-order valence-electron chi connectivity index (χ3n) is 2.76. The highest BCUT2D eigenvalue weighted by atomic mass is 16.6. The second-order valence-electron chi connectivity index (χ2n) is 4.41. The molecule has 0 amide bonds. The van der Waals surface area contributed by atoms with Gasteiger partial charge in [0, 0.05) is 12.1 Å². The lowest BCUT2D eigenvalue weighted by atomic mass is 10.2. The lowest BCUT2D eigenvalue weighted by Crippen LogP contribution is -1.95. The van der Waals surface area contributed by atoms with Crippen molar-refractivity contribution in [1.82, 2.24) is 0 Å². The van der Waals surface area contributed by atoms with Crippen LogP contribution in [-0.4, -0.2) is 10.6 Å². The van der Waals surface area contributed by atoms with Crippen LogP contribution in [0.2, 0.25) is 0 Å². The molecule has 2 rings (SSSR count). The van der Waals surface area contributed by atoms with E-state index in [1.165, 1.54) is 12.1 Å². The van der Waals surface area contributed by atoms with Gasteiger partial charge in [-0.15, -0.1) is 0 Å². The molecule has 0 aliphatic heterocycles. The average molecular weight is 281 g/mol. The number of nitrogens with zero attached hydrogens (tertiary/aromatic N) is 2. The summed E-state index contributed by atoms with van der Waals surface area (Å²) < 4.78 is 0. The summed E-state index contributed by atoms with van der Waals surface area (Å²) in [7, 11) is 0. The molecular weight excluding hydrogens is 266 g/mol. The molecule has 0 spiro atoms. The molecule has 0 aromatic heterocycles. The summed E-state index contributed by atoms with van der Waals surface area (Å²) in [5.41, 5.74) is 5.53. The van der Waals surface area contributed by atoms with E-state index in [1.54, 1.807) is 12.1 Å². The van der Waals surface area contributed by atoms with Gasteiger partial charge in [0.15, 0.2) is 0 Å². The molecule has 21 heavy (non-hydrogen) atoms. The van der Waals surface area contributed by atoms with Gasteiger partial charge in [0.2, 0.25) is 0 Å². The SMILES string of the molecule is CC(/C=C\c1ccccc1)=NNc1ccc([N+](=O)[O-])cc1. The number of nitrogens with one attached hydrogen (secondary N) is 1. The highest BCUT2D eigenvalue weighted by Gasteiger charge is 2.02. The lowest BCUT2D eigenvalue weighted by molar-refractivity contribution is -0.384. The number of anilines is 1. The number of non-ortho nitro benzene ring substituents is 1. The van der Waals surface area contributed by atoms with Gasteiger partial charge in [-0.1, -0.05) is 36.4 Å². The van der Waals surface area contributed by atoms with E-state index in [-0.39, 0.29) is 5.69 Å². The van der Waals surface area contributed by atoms with Crippen LogP contribution in [0.25, 0.3) is 6.08 Å². The Morgan fingerprint density at radius 3 is 2.43 bits per heavy atom. The zero-order valence-electron chi connectivity index (χ0n) is 11.6. The third kappa shape index (κ3) is 4.58. The molecule has 1 N–H and O–H groups in total. The standard InChI is InChI=1S/C16H15N3O2/c1-13(7-8-14-5-3-2-4-6-14)17-18-15-9-11-16(12-10-15)19(20)21/h2-12,18H,1H3/b8-7-,17-13?. The maximum Gasteiger partial charge on any atom is 0.269 e. The van der Waals surface area contributed by atoms with Crippen molar-refractivity contribution in [2.24, 2.45) is 5.10 Å². The van der Waals surface area contributed by atoms with Crippen LogP contribution in [0.4, 0.5) is 11.4 Å². The molecule has 0 unspecified atom stereocenters. The van der Waals surface area contributed by atoms with Crippen LogP contribution in [0.3, 0.4) is 0 Å². The Kier molecular flexibility index (Phi) is 4.82. The number of nitro groups is 1. The van der Waals surface area contributed by atoms with E-state index >= 15 is 0 Å². The Morgan fingerprint density at radius 2 is 1.81 bits per heavy atom. The van der Waals surface area contributed by atoms with Crippen molar-refractivity contribution in [1.29, 1.82) is 0 Å². The predicted molar refractivity (Wildman–Crippen MR) is 85.3 cm³/mol. The van der Waals surface area contributed by atoms with E-state index in [2.05, 4.69) is 10.5 Å². The van der Waals surface area contributed by atoms with Crippen LogP contribution in [0.1, 0.15) is 12.5 Å². The molecule has 0 radical (unpaired) electrons. The summed E-state index contributed by atoms with van der Waals surface area (Å²) in [6.07, 6.45) is 3.87. The van der Waals surface area contributed by atoms with Crippen molar-refractivity contribution in [3.8, 4) is 0 Å². The number of allylic oxidation sites excluding steroid dienone is 1. The van der Waals surface area contributed by atoms with Gasteiger partial charge in [0.25, 0.3) is 5.69 Å². The summed E-state index contributed by atoms with van der Waals surface area (Å²) in [5.74, 6) is 0. The topological polar surface area (TPSA) is 67.5 Å². The minimum atomic E-state index is -0.430. The van der Waals surface area contributed by atoms with Gasteiger partial charge >= 0.3 is 0 Å². The Balaban J connectivity index is 1.97. The van der Waals surface area contributed by atoms with Crippen LogP contribution < -0.4 is 5.43 Å². The van der Waals surface area contributed by atoms with Crippen molar-refractivity contribution in [3.05, 3.63) is 76.4 Å². The van der Waals surface area contributed by atoms with Crippen LogP contribution >= 0.6 is 0 Å². The van der Waals surface area contributed by atoms with Gasteiger partial charge in [-0.3, -0.25) is 15.5 Å². The highest BCUT2D eigenvalue weighted by Crippen LogP contribution is 2.15. The quantitative estimate of drug-likeness (QED) is 0.509. The minimum absolute atomic E-state index is 0.0604. The first-order valence-electron chi connectivity index (χ1n) is 6.43. The third-order valence-corrected chi connectivity index (χ3v) is 2.76. The normalized spacial score (nSPS) is 11.6. The monoisotopic (exact) mass is 281 g/mol. The molecule has 0 saturated carbocycles. The predicted octanol–water partition coefficient (Wildman–Crippen LogP) is 4.10. The summed E-state index contributed by atoms with van der Waals surface area (Å²) in [6, 6.07) is 16.0. The summed E-state index contributed by atoms with van der Waals surface area (Å²) >= 11 is 0. The van der Waals surface area contributed by atoms with Gasteiger partial charge in [-0.2, -0.15) is 5.10 Å².